The van der Waals surface area contributed by atoms with Crippen LogP contribution < -0.4 is 5.32 Å². The van der Waals surface area contributed by atoms with Crippen LogP contribution >= 0.6 is 0 Å². The third kappa shape index (κ3) is 3.12. The SMILES string of the molecule is CC(C)n1nc(-c2ccccc2)cc1Nc1cnccc1C(=O)O. The van der Waals surface area contributed by atoms with E-state index in [1.165, 1.54) is 18.5 Å². The third-order valence-corrected chi connectivity index (χ3v) is 3.61. The molecule has 0 spiro atoms. The van der Waals surface area contributed by atoms with Crippen LogP contribution in [0.3, 0.4) is 0 Å². The van der Waals surface area contributed by atoms with Gasteiger partial charge in [0.25, 0.3) is 0 Å². The molecule has 6 heteroatoms. The molecular formula is C18H18N4O2. The molecule has 0 saturated heterocycles. The Balaban J connectivity index is 2.02. The summed E-state index contributed by atoms with van der Waals surface area (Å²) in [4.78, 5) is 15.4. The van der Waals surface area contributed by atoms with E-state index >= 15 is 0 Å². The molecule has 122 valence electrons. The number of nitrogens with zero attached hydrogens (tertiary/aromatic N) is 3. The normalized spacial score (nSPS) is 10.8. The molecule has 24 heavy (non-hydrogen) atoms. The van der Waals surface area contributed by atoms with Gasteiger partial charge in [0.05, 0.1) is 23.1 Å². The van der Waals surface area contributed by atoms with Gasteiger partial charge in [-0.1, -0.05) is 30.3 Å². The average molecular weight is 322 g/mol. The first-order valence-corrected chi connectivity index (χ1v) is 7.65. The number of anilines is 2. The van der Waals surface area contributed by atoms with Crippen molar-refractivity contribution >= 4 is 17.5 Å². The number of hydrogen-bond donors (Lipinski definition) is 2. The first kappa shape index (κ1) is 15.7. The lowest BCUT2D eigenvalue weighted by Gasteiger charge is -2.13. The third-order valence-electron chi connectivity index (χ3n) is 3.61. The Morgan fingerprint density at radius 2 is 1.96 bits per heavy atom. The Morgan fingerprint density at radius 1 is 1.21 bits per heavy atom. The van der Waals surface area contributed by atoms with E-state index in [1.807, 2.05) is 54.9 Å². The van der Waals surface area contributed by atoms with Crippen molar-refractivity contribution in [1.82, 2.24) is 14.8 Å². The molecule has 2 aromatic heterocycles. The minimum Gasteiger partial charge on any atom is -0.478 e. The van der Waals surface area contributed by atoms with Gasteiger partial charge in [0.1, 0.15) is 5.82 Å². The summed E-state index contributed by atoms with van der Waals surface area (Å²) in [5.74, 6) is -0.279. The maximum atomic E-state index is 11.4. The van der Waals surface area contributed by atoms with E-state index in [4.69, 9.17) is 0 Å². The predicted octanol–water partition coefficient (Wildman–Crippen LogP) is 3.97. The maximum absolute atomic E-state index is 11.4. The van der Waals surface area contributed by atoms with E-state index in [9.17, 15) is 9.90 Å². The Labute approximate surface area is 139 Å². The molecule has 0 fully saturated rings. The van der Waals surface area contributed by atoms with Gasteiger partial charge in [-0.2, -0.15) is 5.10 Å². The van der Waals surface area contributed by atoms with Crippen molar-refractivity contribution in [2.75, 3.05) is 5.32 Å². The number of carboxylic acids is 1. The molecule has 0 amide bonds. The second-order valence-corrected chi connectivity index (χ2v) is 5.67. The summed E-state index contributed by atoms with van der Waals surface area (Å²) in [5, 5.41) is 17.1. The maximum Gasteiger partial charge on any atom is 0.337 e. The van der Waals surface area contributed by atoms with Gasteiger partial charge in [-0.25, -0.2) is 9.48 Å². The molecular weight excluding hydrogens is 304 g/mol. The Hall–Kier alpha value is -3.15. The molecule has 0 radical (unpaired) electrons. The van der Waals surface area contributed by atoms with Gasteiger partial charge in [-0.15, -0.1) is 0 Å². The summed E-state index contributed by atoms with van der Waals surface area (Å²) in [5.41, 5.74) is 2.44. The minimum absolute atomic E-state index is 0.120. The van der Waals surface area contributed by atoms with Crippen LogP contribution in [0.5, 0.6) is 0 Å². The van der Waals surface area contributed by atoms with Crippen molar-refractivity contribution in [2.24, 2.45) is 0 Å². The molecule has 0 atom stereocenters. The number of carbonyl (C=O) groups is 1. The van der Waals surface area contributed by atoms with E-state index in [0.717, 1.165) is 17.1 Å². The number of benzene rings is 1. The lowest BCUT2D eigenvalue weighted by atomic mass is 10.1. The first-order chi connectivity index (χ1) is 11.6. The van der Waals surface area contributed by atoms with Gasteiger partial charge in [-0.05, 0) is 19.9 Å². The smallest absolute Gasteiger partial charge is 0.337 e. The number of nitrogens with one attached hydrogen (secondary N) is 1. The summed E-state index contributed by atoms with van der Waals surface area (Å²) in [6, 6.07) is 13.4. The molecule has 2 heterocycles. The van der Waals surface area contributed by atoms with Crippen LogP contribution in [-0.4, -0.2) is 25.8 Å². The van der Waals surface area contributed by atoms with Crippen LogP contribution in [0.4, 0.5) is 11.5 Å². The molecule has 3 rings (SSSR count). The topological polar surface area (TPSA) is 80.0 Å². The van der Waals surface area contributed by atoms with Crippen LogP contribution in [-0.2, 0) is 0 Å². The predicted molar refractivity (Wildman–Crippen MR) is 92.5 cm³/mol. The van der Waals surface area contributed by atoms with E-state index in [1.54, 1.807) is 0 Å². The van der Waals surface area contributed by atoms with Crippen molar-refractivity contribution in [3.8, 4) is 11.3 Å². The highest BCUT2D eigenvalue weighted by Gasteiger charge is 2.15. The number of rotatable bonds is 5. The van der Waals surface area contributed by atoms with Crippen molar-refractivity contribution < 1.29 is 9.90 Å². The number of carboxylic acid groups (broad SMARTS) is 1. The van der Waals surface area contributed by atoms with Crippen molar-refractivity contribution in [2.45, 2.75) is 19.9 Å². The van der Waals surface area contributed by atoms with Gasteiger partial charge >= 0.3 is 5.97 Å². The van der Waals surface area contributed by atoms with E-state index < -0.39 is 5.97 Å². The summed E-state index contributed by atoms with van der Waals surface area (Å²) in [6.07, 6.45) is 2.97. The van der Waals surface area contributed by atoms with Crippen LogP contribution in [0.2, 0.25) is 0 Å². The summed E-state index contributed by atoms with van der Waals surface area (Å²) < 4.78 is 1.83. The van der Waals surface area contributed by atoms with Gasteiger partial charge in [0.15, 0.2) is 0 Å². The largest absolute Gasteiger partial charge is 0.478 e. The average Bonchev–Trinajstić information content (AvgIpc) is 3.00. The molecule has 0 bridgehead atoms. The standard InChI is InChI=1S/C18H18N4O2/c1-12(2)22-17(10-15(21-22)13-6-4-3-5-7-13)20-16-11-19-9-8-14(16)18(23)24/h3-12,20H,1-2H3,(H,23,24). The van der Waals surface area contributed by atoms with Gasteiger partial charge in [0, 0.05) is 23.9 Å². The molecule has 0 aliphatic heterocycles. The number of pyridine rings is 1. The molecule has 1 aromatic carbocycles. The van der Waals surface area contributed by atoms with Gasteiger partial charge in [-0.3, -0.25) is 4.98 Å². The zero-order valence-electron chi connectivity index (χ0n) is 13.5. The number of aromatic carboxylic acids is 1. The summed E-state index contributed by atoms with van der Waals surface area (Å²) in [6.45, 7) is 4.04. The first-order valence-electron chi connectivity index (χ1n) is 7.65. The monoisotopic (exact) mass is 322 g/mol. The van der Waals surface area contributed by atoms with E-state index in [2.05, 4.69) is 15.4 Å². The van der Waals surface area contributed by atoms with Crippen molar-refractivity contribution in [3.05, 3.63) is 60.4 Å². The zero-order chi connectivity index (χ0) is 17.1. The molecule has 0 aliphatic carbocycles. The summed E-state index contributed by atoms with van der Waals surface area (Å²) in [7, 11) is 0. The summed E-state index contributed by atoms with van der Waals surface area (Å²) >= 11 is 0. The highest BCUT2D eigenvalue weighted by atomic mass is 16.4. The van der Waals surface area contributed by atoms with Crippen LogP contribution in [0, 0.1) is 0 Å². The number of aromatic nitrogens is 3. The fourth-order valence-corrected chi connectivity index (χ4v) is 2.45. The minimum atomic E-state index is -1.00. The molecule has 2 N–H and O–H groups in total. The zero-order valence-corrected chi connectivity index (χ0v) is 13.5. The molecule has 0 saturated carbocycles. The fourth-order valence-electron chi connectivity index (χ4n) is 2.45. The lowest BCUT2D eigenvalue weighted by molar-refractivity contribution is 0.0698. The number of hydrogen-bond acceptors (Lipinski definition) is 4. The Kier molecular flexibility index (Phi) is 4.29. The molecule has 0 unspecified atom stereocenters. The highest BCUT2D eigenvalue weighted by Crippen LogP contribution is 2.27. The van der Waals surface area contributed by atoms with Crippen molar-refractivity contribution in [1.29, 1.82) is 0 Å². The van der Waals surface area contributed by atoms with E-state index in [-0.39, 0.29) is 11.6 Å². The van der Waals surface area contributed by atoms with Crippen LogP contribution in [0.1, 0.15) is 30.2 Å². The van der Waals surface area contributed by atoms with Crippen LogP contribution in [0.25, 0.3) is 11.3 Å². The molecule has 3 aromatic rings. The highest BCUT2D eigenvalue weighted by molar-refractivity contribution is 5.94. The van der Waals surface area contributed by atoms with Crippen molar-refractivity contribution in [3.63, 3.8) is 0 Å². The lowest BCUT2D eigenvalue weighted by Crippen LogP contribution is -2.09. The van der Waals surface area contributed by atoms with Crippen LogP contribution in [0.15, 0.2) is 54.9 Å². The fraction of sp³-hybridized carbons (Fsp3) is 0.167. The second kappa shape index (κ2) is 6.54. The van der Waals surface area contributed by atoms with E-state index in [0.29, 0.717) is 5.69 Å². The Bertz CT molecular complexity index is 856. The molecule has 6 nitrogen and oxygen atoms in total. The molecule has 0 aliphatic rings. The van der Waals surface area contributed by atoms with Gasteiger partial charge < -0.3 is 10.4 Å². The second-order valence-electron chi connectivity index (χ2n) is 5.67. The quantitative estimate of drug-likeness (QED) is 0.743. The van der Waals surface area contributed by atoms with Gasteiger partial charge in [0.2, 0.25) is 0 Å². The Morgan fingerprint density at radius 3 is 2.62 bits per heavy atom.